The first kappa shape index (κ1) is 15.5. The predicted octanol–water partition coefficient (Wildman–Crippen LogP) is 4.40. The van der Waals surface area contributed by atoms with Crippen molar-refractivity contribution in [3.05, 3.63) is 69.7 Å². The van der Waals surface area contributed by atoms with E-state index in [4.69, 9.17) is 17.3 Å². The van der Waals surface area contributed by atoms with E-state index in [1.54, 1.807) is 0 Å². The van der Waals surface area contributed by atoms with Crippen molar-refractivity contribution in [1.29, 1.82) is 0 Å². The fraction of sp³-hybridized carbons (Fsp3) is 0.368. The highest BCUT2D eigenvalue weighted by atomic mass is 35.5. The standard InChI is InChI=1S/C19H23ClN2/c1-13-5-4-6-16-17(13)12-22(18(16)11-21)19(2,3)14-7-9-15(20)10-8-14/h4-10,18H,11-12,21H2,1-3H3. The minimum absolute atomic E-state index is 0.0971. The molecule has 0 saturated heterocycles. The zero-order valence-corrected chi connectivity index (χ0v) is 14.2. The summed E-state index contributed by atoms with van der Waals surface area (Å²) in [5.41, 5.74) is 11.5. The first-order chi connectivity index (χ1) is 10.4. The molecule has 22 heavy (non-hydrogen) atoms. The van der Waals surface area contributed by atoms with E-state index in [1.807, 2.05) is 12.1 Å². The summed E-state index contributed by atoms with van der Waals surface area (Å²) in [6.45, 7) is 8.29. The highest BCUT2D eigenvalue weighted by molar-refractivity contribution is 6.30. The molecule has 1 aliphatic rings. The normalized spacial score (nSPS) is 18.5. The van der Waals surface area contributed by atoms with Gasteiger partial charge in [-0.15, -0.1) is 0 Å². The van der Waals surface area contributed by atoms with Crippen LogP contribution in [0.5, 0.6) is 0 Å². The summed E-state index contributed by atoms with van der Waals surface area (Å²) in [7, 11) is 0. The topological polar surface area (TPSA) is 29.3 Å². The molecule has 0 amide bonds. The lowest BCUT2D eigenvalue weighted by Crippen LogP contribution is -2.42. The maximum atomic E-state index is 6.13. The molecule has 2 nitrogen and oxygen atoms in total. The predicted molar refractivity (Wildman–Crippen MR) is 93.0 cm³/mol. The van der Waals surface area contributed by atoms with Gasteiger partial charge in [-0.2, -0.15) is 0 Å². The summed E-state index contributed by atoms with van der Waals surface area (Å²) in [6.07, 6.45) is 0. The zero-order chi connectivity index (χ0) is 15.9. The summed E-state index contributed by atoms with van der Waals surface area (Å²) in [5, 5.41) is 0.774. The Bertz CT molecular complexity index is 676. The maximum Gasteiger partial charge on any atom is 0.0485 e. The van der Waals surface area contributed by atoms with Crippen molar-refractivity contribution in [3.8, 4) is 0 Å². The van der Waals surface area contributed by atoms with Crippen molar-refractivity contribution in [2.45, 2.75) is 38.9 Å². The number of aryl methyl sites for hydroxylation is 1. The maximum absolute atomic E-state index is 6.13. The van der Waals surface area contributed by atoms with Crippen LogP contribution in [0.2, 0.25) is 5.02 Å². The first-order valence-electron chi connectivity index (χ1n) is 7.76. The Labute approximate surface area is 137 Å². The SMILES string of the molecule is Cc1cccc2c1CN(C(C)(C)c1ccc(Cl)cc1)C2CN. The third kappa shape index (κ3) is 2.45. The van der Waals surface area contributed by atoms with Gasteiger partial charge in [0.15, 0.2) is 0 Å². The minimum atomic E-state index is -0.0971. The van der Waals surface area contributed by atoms with Gasteiger partial charge in [-0.1, -0.05) is 41.9 Å². The molecule has 0 fully saturated rings. The molecule has 1 atom stereocenters. The quantitative estimate of drug-likeness (QED) is 0.910. The van der Waals surface area contributed by atoms with E-state index in [1.165, 1.54) is 22.3 Å². The van der Waals surface area contributed by atoms with Gasteiger partial charge >= 0.3 is 0 Å². The zero-order valence-electron chi connectivity index (χ0n) is 13.4. The number of hydrogen-bond acceptors (Lipinski definition) is 2. The van der Waals surface area contributed by atoms with Gasteiger partial charge in [0.1, 0.15) is 0 Å². The Hall–Kier alpha value is -1.35. The summed E-state index contributed by atoms with van der Waals surface area (Å²) in [5.74, 6) is 0. The number of nitrogens with two attached hydrogens (primary N) is 1. The van der Waals surface area contributed by atoms with Gasteiger partial charge in [-0.25, -0.2) is 0 Å². The molecule has 2 N–H and O–H groups in total. The van der Waals surface area contributed by atoms with E-state index in [0.717, 1.165) is 11.6 Å². The van der Waals surface area contributed by atoms with Crippen molar-refractivity contribution in [3.63, 3.8) is 0 Å². The van der Waals surface area contributed by atoms with Crippen LogP contribution in [-0.4, -0.2) is 11.4 Å². The smallest absolute Gasteiger partial charge is 0.0485 e. The van der Waals surface area contributed by atoms with Gasteiger partial charge < -0.3 is 5.73 Å². The highest BCUT2D eigenvalue weighted by Gasteiger charge is 2.39. The van der Waals surface area contributed by atoms with Gasteiger partial charge in [-0.3, -0.25) is 4.90 Å². The van der Waals surface area contributed by atoms with Crippen LogP contribution in [0.4, 0.5) is 0 Å². The van der Waals surface area contributed by atoms with Crippen molar-refractivity contribution in [2.75, 3.05) is 6.54 Å². The van der Waals surface area contributed by atoms with Crippen LogP contribution in [0.3, 0.4) is 0 Å². The van der Waals surface area contributed by atoms with Crippen molar-refractivity contribution < 1.29 is 0 Å². The Balaban J connectivity index is 2.01. The second-order valence-corrected chi connectivity index (χ2v) is 7.02. The monoisotopic (exact) mass is 314 g/mol. The molecule has 0 saturated carbocycles. The lowest BCUT2D eigenvalue weighted by atomic mass is 9.91. The molecule has 116 valence electrons. The highest BCUT2D eigenvalue weighted by Crippen LogP contribution is 2.43. The molecule has 0 bridgehead atoms. The molecule has 0 aromatic heterocycles. The number of hydrogen-bond donors (Lipinski definition) is 1. The lowest BCUT2D eigenvalue weighted by molar-refractivity contribution is 0.0779. The van der Waals surface area contributed by atoms with Crippen molar-refractivity contribution in [1.82, 2.24) is 4.90 Å². The van der Waals surface area contributed by atoms with Gasteiger partial charge in [0.25, 0.3) is 0 Å². The minimum Gasteiger partial charge on any atom is -0.329 e. The van der Waals surface area contributed by atoms with E-state index < -0.39 is 0 Å². The Morgan fingerprint density at radius 2 is 1.86 bits per heavy atom. The van der Waals surface area contributed by atoms with Crippen LogP contribution in [0.1, 0.15) is 42.1 Å². The van der Waals surface area contributed by atoms with E-state index in [2.05, 4.69) is 56.0 Å². The molecule has 1 aliphatic heterocycles. The molecule has 1 heterocycles. The third-order valence-corrected chi connectivity index (χ3v) is 5.25. The Morgan fingerprint density at radius 1 is 1.18 bits per heavy atom. The van der Waals surface area contributed by atoms with E-state index in [9.17, 15) is 0 Å². The van der Waals surface area contributed by atoms with E-state index in [-0.39, 0.29) is 11.6 Å². The molecule has 0 radical (unpaired) electrons. The van der Waals surface area contributed by atoms with Crippen molar-refractivity contribution in [2.24, 2.45) is 5.73 Å². The second kappa shape index (κ2) is 5.69. The third-order valence-electron chi connectivity index (χ3n) is 5.00. The molecular weight excluding hydrogens is 292 g/mol. The largest absolute Gasteiger partial charge is 0.329 e. The number of nitrogens with zero attached hydrogens (tertiary/aromatic N) is 1. The second-order valence-electron chi connectivity index (χ2n) is 6.59. The van der Waals surface area contributed by atoms with Crippen LogP contribution in [-0.2, 0) is 12.1 Å². The van der Waals surface area contributed by atoms with Crippen LogP contribution in [0, 0.1) is 6.92 Å². The van der Waals surface area contributed by atoms with E-state index in [0.29, 0.717) is 6.54 Å². The fourth-order valence-electron chi connectivity index (χ4n) is 3.57. The Morgan fingerprint density at radius 3 is 2.50 bits per heavy atom. The number of fused-ring (bicyclic) bond motifs is 1. The fourth-order valence-corrected chi connectivity index (χ4v) is 3.69. The molecule has 3 heteroatoms. The Kier molecular flexibility index (Phi) is 4.02. The van der Waals surface area contributed by atoms with Gasteiger partial charge in [0.05, 0.1) is 0 Å². The van der Waals surface area contributed by atoms with Gasteiger partial charge in [-0.05, 0) is 55.2 Å². The number of halogens is 1. The van der Waals surface area contributed by atoms with Gasteiger partial charge in [0.2, 0.25) is 0 Å². The molecule has 1 unspecified atom stereocenters. The first-order valence-corrected chi connectivity index (χ1v) is 8.14. The molecule has 2 aromatic rings. The van der Waals surface area contributed by atoms with Crippen LogP contribution in [0.25, 0.3) is 0 Å². The molecule has 2 aromatic carbocycles. The molecule has 0 aliphatic carbocycles. The van der Waals surface area contributed by atoms with Crippen molar-refractivity contribution >= 4 is 11.6 Å². The van der Waals surface area contributed by atoms with Gasteiger partial charge in [0, 0.05) is 29.7 Å². The van der Waals surface area contributed by atoms with Crippen LogP contribution < -0.4 is 5.73 Å². The molecule has 0 spiro atoms. The molecule has 3 rings (SSSR count). The average molecular weight is 315 g/mol. The summed E-state index contributed by atoms with van der Waals surface area (Å²) >= 11 is 6.04. The number of rotatable bonds is 3. The lowest BCUT2D eigenvalue weighted by Gasteiger charge is -2.40. The summed E-state index contributed by atoms with van der Waals surface area (Å²) < 4.78 is 0. The summed E-state index contributed by atoms with van der Waals surface area (Å²) in [4.78, 5) is 2.51. The van der Waals surface area contributed by atoms with Crippen LogP contribution in [0.15, 0.2) is 42.5 Å². The summed E-state index contributed by atoms with van der Waals surface area (Å²) in [6, 6.07) is 15.0. The van der Waals surface area contributed by atoms with Crippen LogP contribution >= 0.6 is 11.6 Å². The number of benzene rings is 2. The average Bonchev–Trinajstić information content (AvgIpc) is 2.88. The van der Waals surface area contributed by atoms with E-state index >= 15 is 0 Å². The molecular formula is C19H23ClN2.